The highest BCUT2D eigenvalue weighted by Gasteiger charge is 2.15. The van der Waals surface area contributed by atoms with Crippen molar-refractivity contribution in [1.82, 2.24) is 4.98 Å². The summed E-state index contributed by atoms with van der Waals surface area (Å²) in [4.78, 5) is 5.36. The van der Waals surface area contributed by atoms with Crippen LogP contribution < -0.4 is 0 Å². The van der Waals surface area contributed by atoms with E-state index in [0.717, 1.165) is 16.1 Å². The molecule has 0 aliphatic rings. The van der Waals surface area contributed by atoms with Crippen LogP contribution in [-0.4, -0.2) is 20.0 Å². The van der Waals surface area contributed by atoms with Crippen LogP contribution in [-0.2, 0) is 20.7 Å². The number of thiazole rings is 1. The highest BCUT2D eigenvalue weighted by Crippen LogP contribution is 2.16. The van der Waals surface area contributed by atoms with Crippen LogP contribution in [0, 0.1) is 13.8 Å². The second-order valence-corrected chi connectivity index (χ2v) is 6.75. The molecule has 4 nitrogen and oxygen atoms in total. The van der Waals surface area contributed by atoms with Gasteiger partial charge in [0.2, 0.25) is 0 Å². The van der Waals surface area contributed by atoms with Crippen molar-refractivity contribution in [2.24, 2.45) is 0 Å². The fraction of sp³-hybridized carbons (Fsp3) is 0.308. The van der Waals surface area contributed by atoms with Gasteiger partial charge in [-0.25, -0.2) is 4.98 Å². The van der Waals surface area contributed by atoms with E-state index >= 15 is 0 Å². The van der Waals surface area contributed by atoms with Gasteiger partial charge >= 0.3 is 0 Å². The van der Waals surface area contributed by atoms with Gasteiger partial charge in [0.15, 0.2) is 0 Å². The third-order valence-corrected chi connectivity index (χ3v) is 5.04. The Bertz CT molecular complexity index is 645. The molecule has 0 unspecified atom stereocenters. The molecule has 1 aromatic carbocycles. The lowest BCUT2D eigenvalue weighted by atomic mass is 10.2. The molecule has 0 saturated heterocycles. The van der Waals surface area contributed by atoms with Gasteiger partial charge in [-0.3, -0.25) is 4.18 Å². The van der Waals surface area contributed by atoms with E-state index in [1.165, 1.54) is 11.3 Å². The minimum atomic E-state index is -3.66. The Morgan fingerprint density at radius 2 is 1.89 bits per heavy atom. The summed E-state index contributed by atoms with van der Waals surface area (Å²) in [6, 6.07) is 6.62. The molecule has 1 heterocycles. The van der Waals surface area contributed by atoms with Crippen LogP contribution in [0.15, 0.2) is 34.7 Å². The van der Waals surface area contributed by atoms with Crippen LogP contribution in [0.1, 0.15) is 16.1 Å². The van der Waals surface area contributed by atoms with Crippen LogP contribution in [0.3, 0.4) is 0 Å². The fourth-order valence-electron chi connectivity index (χ4n) is 1.58. The molecule has 0 spiro atoms. The fourth-order valence-corrected chi connectivity index (χ4v) is 3.25. The summed E-state index contributed by atoms with van der Waals surface area (Å²) in [5, 5.41) is 0. The predicted octanol–water partition coefficient (Wildman–Crippen LogP) is 2.71. The number of hydrogen-bond acceptors (Lipinski definition) is 5. The molecule has 0 fully saturated rings. The van der Waals surface area contributed by atoms with Gasteiger partial charge in [0.05, 0.1) is 22.7 Å². The Kier molecular flexibility index (Phi) is 4.34. The molecule has 0 aliphatic carbocycles. The van der Waals surface area contributed by atoms with E-state index in [-0.39, 0.29) is 11.5 Å². The molecule has 19 heavy (non-hydrogen) atoms. The van der Waals surface area contributed by atoms with Crippen LogP contribution in [0.5, 0.6) is 0 Å². The summed E-state index contributed by atoms with van der Waals surface area (Å²) in [7, 11) is -3.66. The van der Waals surface area contributed by atoms with Crippen molar-refractivity contribution in [2.75, 3.05) is 6.61 Å². The normalized spacial score (nSPS) is 11.7. The van der Waals surface area contributed by atoms with Crippen molar-refractivity contribution in [3.63, 3.8) is 0 Å². The van der Waals surface area contributed by atoms with Crippen molar-refractivity contribution >= 4 is 21.5 Å². The monoisotopic (exact) mass is 297 g/mol. The molecule has 0 radical (unpaired) electrons. The highest BCUT2D eigenvalue weighted by molar-refractivity contribution is 7.86. The molecule has 0 bridgehead atoms. The summed E-state index contributed by atoms with van der Waals surface area (Å²) in [6.45, 7) is 3.95. The van der Waals surface area contributed by atoms with Crippen LogP contribution in [0.25, 0.3) is 0 Å². The van der Waals surface area contributed by atoms with E-state index < -0.39 is 10.1 Å². The summed E-state index contributed by atoms with van der Waals surface area (Å²) in [6.07, 6.45) is 0.557. The number of benzene rings is 1. The molecular formula is C13H15NO3S2. The first-order valence-corrected chi connectivity index (χ1v) is 8.13. The average Bonchev–Trinajstić information content (AvgIpc) is 2.75. The van der Waals surface area contributed by atoms with Crippen molar-refractivity contribution < 1.29 is 12.6 Å². The zero-order valence-corrected chi connectivity index (χ0v) is 12.4. The molecule has 2 aromatic rings. The lowest BCUT2D eigenvalue weighted by molar-refractivity contribution is 0.322. The first-order chi connectivity index (χ1) is 8.99. The lowest BCUT2D eigenvalue weighted by Gasteiger charge is -2.05. The molecule has 102 valence electrons. The first kappa shape index (κ1) is 14.2. The molecule has 0 atom stereocenters. The average molecular weight is 297 g/mol. The van der Waals surface area contributed by atoms with E-state index in [9.17, 15) is 8.42 Å². The summed E-state index contributed by atoms with van der Waals surface area (Å²) >= 11 is 1.51. The zero-order chi connectivity index (χ0) is 13.9. The Morgan fingerprint density at radius 1 is 1.21 bits per heavy atom. The minimum Gasteiger partial charge on any atom is -0.266 e. The molecule has 6 heteroatoms. The second kappa shape index (κ2) is 5.81. The molecule has 1 aromatic heterocycles. The van der Waals surface area contributed by atoms with Gasteiger partial charge in [0, 0.05) is 11.3 Å². The Balaban J connectivity index is 1.98. The van der Waals surface area contributed by atoms with E-state index in [4.69, 9.17) is 4.18 Å². The predicted molar refractivity (Wildman–Crippen MR) is 74.9 cm³/mol. The van der Waals surface area contributed by atoms with Crippen molar-refractivity contribution in [3.8, 4) is 0 Å². The maximum absolute atomic E-state index is 11.9. The maximum Gasteiger partial charge on any atom is 0.296 e. The number of nitrogens with zero attached hydrogens (tertiary/aromatic N) is 1. The van der Waals surface area contributed by atoms with E-state index in [0.29, 0.717) is 6.42 Å². The topological polar surface area (TPSA) is 56.3 Å². The van der Waals surface area contributed by atoms with Gasteiger partial charge < -0.3 is 0 Å². The van der Waals surface area contributed by atoms with Gasteiger partial charge in [-0.15, -0.1) is 11.3 Å². The number of rotatable bonds is 5. The van der Waals surface area contributed by atoms with Crippen molar-refractivity contribution in [3.05, 3.63) is 45.9 Å². The Hall–Kier alpha value is -1.24. The van der Waals surface area contributed by atoms with Crippen LogP contribution in [0.4, 0.5) is 0 Å². The maximum atomic E-state index is 11.9. The van der Waals surface area contributed by atoms with Crippen molar-refractivity contribution in [1.29, 1.82) is 0 Å². The molecule has 2 rings (SSSR count). The number of aromatic nitrogens is 1. The number of hydrogen-bond donors (Lipinski definition) is 0. The third kappa shape index (κ3) is 3.62. The molecule has 0 aliphatic heterocycles. The van der Waals surface area contributed by atoms with Gasteiger partial charge in [-0.1, -0.05) is 17.7 Å². The third-order valence-electron chi connectivity index (χ3n) is 2.72. The molecule has 0 N–H and O–H groups in total. The Labute approximate surface area is 117 Å². The molecule has 0 saturated carbocycles. The van der Waals surface area contributed by atoms with Gasteiger partial charge in [-0.05, 0) is 26.0 Å². The van der Waals surface area contributed by atoms with E-state index in [1.54, 1.807) is 29.8 Å². The summed E-state index contributed by atoms with van der Waals surface area (Å²) in [5.41, 5.74) is 3.69. The standard InChI is InChI=1S/C13H15NO3S2/c1-10-3-5-12(6-4-10)19(15,16)17-8-7-13-11(2)14-9-18-13/h3-6,9H,7-8H2,1-2H3. The quantitative estimate of drug-likeness (QED) is 0.796. The largest absolute Gasteiger partial charge is 0.296 e. The smallest absolute Gasteiger partial charge is 0.266 e. The van der Waals surface area contributed by atoms with Gasteiger partial charge in [0.25, 0.3) is 10.1 Å². The van der Waals surface area contributed by atoms with E-state index in [1.807, 2.05) is 13.8 Å². The Morgan fingerprint density at radius 3 is 2.47 bits per heavy atom. The first-order valence-electron chi connectivity index (χ1n) is 5.84. The SMILES string of the molecule is Cc1ccc(S(=O)(=O)OCCc2scnc2C)cc1. The minimum absolute atomic E-state index is 0.138. The molecule has 0 amide bonds. The highest BCUT2D eigenvalue weighted by atomic mass is 32.2. The van der Waals surface area contributed by atoms with E-state index in [2.05, 4.69) is 4.98 Å². The summed E-state index contributed by atoms with van der Waals surface area (Å²) < 4.78 is 28.9. The second-order valence-electron chi connectivity index (χ2n) is 4.20. The van der Waals surface area contributed by atoms with Gasteiger partial charge in [0.1, 0.15) is 0 Å². The van der Waals surface area contributed by atoms with Crippen LogP contribution >= 0.6 is 11.3 Å². The van der Waals surface area contributed by atoms with Crippen molar-refractivity contribution in [2.45, 2.75) is 25.2 Å². The number of aryl methyl sites for hydroxylation is 2. The van der Waals surface area contributed by atoms with Gasteiger partial charge in [-0.2, -0.15) is 8.42 Å². The zero-order valence-electron chi connectivity index (χ0n) is 10.8. The lowest BCUT2D eigenvalue weighted by Crippen LogP contribution is -2.09. The summed E-state index contributed by atoms with van der Waals surface area (Å²) in [5.74, 6) is 0. The van der Waals surface area contributed by atoms with Crippen LogP contribution in [0.2, 0.25) is 0 Å². The molecular weight excluding hydrogens is 282 g/mol.